The van der Waals surface area contributed by atoms with Crippen molar-refractivity contribution in [1.29, 1.82) is 0 Å². The molecule has 6 heteroatoms. The van der Waals surface area contributed by atoms with Gasteiger partial charge in [-0.2, -0.15) is 0 Å². The second-order valence-electron chi connectivity index (χ2n) is 5.39. The zero-order chi connectivity index (χ0) is 15.9. The molecule has 2 rings (SSSR count). The monoisotopic (exact) mass is 305 g/mol. The summed E-state index contributed by atoms with van der Waals surface area (Å²) in [5.41, 5.74) is 2.31. The van der Waals surface area contributed by atoms with E-state index in [9.17, 15) is 9.59 Å². The zero-order valence-corrected chi connectivity index (χ0v) is 13.2. The van der Waals surface area contributed by atoms with Gasteiger partial charge < -0.3 is 19.9 Å². The Hall–Kier alpha value is -2.08. The zero-order valence-electron chi connectivity index (χ0n) is 13.2. The van der Waals surface area contributed by atoms with E-state index in [1.54, 1.807) is 16.9 Å². The molecule has 0 atom stereocenters. The summed E-state index contributed by atoms with van der Waals surface area (Å²) in [6.07, 6.45) is 0. The number of benzene rings is 1. The summed E-state index contributed by atoms with van der Waals surface area (Å²) in [4.78, 5) is 27.5. The Morgan fingerprint density at radius 1 is 1.27 bits per heavy atom. The van der Waals surface area contributed by atoms with E-state index in [-0.39, 0.29) is 18.5 Å². The van der Waals surface area contributed by atoms with Gasteiger partial charge in [-0.15, -0.1) is 0 Å². The number of amides is 3. The third kappa shape index (κ3) is 4.21. The fraction of sp³-hybridized carbons (Fsp3) is 0.500. The molecule has 6 nitrogen and oxygen atoms in total. The quantitative estimate of drug-likeness (QED) is 0.764. The average molecular weight is 305 g/mol. The summed E-state index contributed by atoms with van der Waals surface area (Å²) in [6.45, 7) is 4.90. The second-order valence-corrected chi connectivity index (χ2v) is 5.39. The number of nitrogens with one attached hydrogen (secondary N) is 1. The minimum atomic E-state index is -0.150. The molecule has 1 aliphatic rings. The van der Waals surface area contributed by atoms with Crippen LogP contribution in [0.3, 0.4) is 0 Å². The molecule has 1 aromatic rings. The Kier molecular flexibility index (Phi) is 5.77. The van der Waals surface area contributed by atoms with E-state index in [0.717, 1.165) is 5.56 Å². The van der Waals surface area contributed by atoms with Crippen molar-refractivity contribution in [2.75, 3.05) is 39.9 Å². The van der Waals surface area contributed by atoms with Crippen molar-refractivity contribution in [2.24, 2.45) is 0 Å². The van der Waals surface area contributed by atoms with Crippen LogP contribution in [-0.4, -0.2) is 61.6 Å². The van der Waals surface area contributed by atoms with Gasteiger partial charge in [0, 0.05) is 33.3 Å². The van der Waals surface area contributed by atoms with E-state index < -0.39 is 0 Å². The number of nitrogens with zero attached hydrogens (tertiary/aromatic N) is 2. The van der Waals surface area contributed by atoms with E-state index in [1.165, 1.54) is 5.56 Å². The third-order valence-corrected chi connectivity index (χ3v) is 3.77. The first kappa shape index (κ1) is 16.3. The predicted octanol–water partition coefficient (Wildman–Crippen LogP) is 0.995. The average Bonchev–Trinajstić information content (AvgIpc) is 2.83. The summed E-state index contributed by atoms with van der Waals surface area (Å²) in [7, 11) is 1.58. The van der Waals surface area contributed by atoms with E-state index in [4.69, 9.17) is 4.74 Å². The third-order valence-electron chi connectivity index (χ3n) is 3.77. The van der Waals surface area contributed by atoms with Crippen LogP contribution in [-0.2, 0) is 16.1 Å². The van der Waals surface area contributed by atoms with E-state index in [1.807, 2.05) is 31.2 Å². The number of hydrogen-bond donors (Lipinski definition) is 1. The van der Waals surface area contributed by atoms with Gasteiger partial charge in [0.15, 0.2) is 0 Å². The molecule has 22 heavy (non-hydrogen) atoms. The molecular weight excluding hydrogens is 282 g/mol. The lowest BCUT2D eigenvalue weighted by atomic mass is 10.1. The maximum Gasteiger partial charge on any atom is 0.320 e. The van der Waals surface area contributed by atoms with Gasteiger partial charge in [0.25, 0.3) is 0 Å². The number of hydrogen-bond acceptors (Lipinski definition) is 3. The standard InChI is InChI=1S/C16H23N3O3/c1-13-5-3-4-6-14(13)11-18-8-9-19(16(18)21)12-15(20)17-7-10-22-2/h3-6H,7-12H2,1-2H3,(H,17,20). The van der Waals surface area contributed by atoms with Crippen LogP contribution < -0.4 is 5.32 Å². The number of rotatable bonds is 7. The first-order valence-electron chi connectivity index (χ1n) is 7.46. The number of urea groups is 1. The van der Waals surface area contributed by atoms with Crippen molar-refractivity contribution in [1.82, 2.24) is 15.1 Å². The minimum absolute atomic E-state index is 0.0786. The van der Waals surface area contributed by atoms with Crippen LogP contribution in [0.1, 0.15) is 11.1 Å². The van der Waals surface area contributed by atoms with Crippen molar-refractivity contribution in [3.63, 3.8) is 0 Å². The van der Waals surface area contributed by atoms with Gasteiger partial charge >= 0.3 is 6.03 Å². The molecule has 0 aliphatic carbocycles. The van der Waals surface area contributed by atoms with Crippen LogP contribution in [0.15, 0.2) is 24.3 Å². The molecule has 0 radical (unpaired) electrons. The van der Waals surface area contributed by atoms with Crippen LogP contribution in [0.4, 0.5) is 4.79 Å². The van der Waals surface area contributed by atoms with Crippen LogP contribution in [0, 0.1) is 6.92 Å². The molecule has 1 heterocycles. The van der Waals surface area contributed by atoms with Crippen molar-refractivity contribution in [3.05, 3.63) is 35.4 Å². The first-order chi connectivity index (χ1) is 10.6. The van der Waals surface area contributed by atoms with Gasteiger partial charge in [0.1, 0.15) is 6.54 Å². The first-order valence-corrected chi connectivity index (χ1v) is 7.46. The van der Waals surface area contributed by atoms with Gasteiger partial charge in [-0.1, -0.05) is 24.3 Å². The van der Waals surface area contributed by atoms with Crippen molar-refractivity contribution >= 4 is 11.9 Å². The highest BCUT2D eigenvalue weighted by molar-refractivity contribution is 5.85. The van der Waals surface area contributed by atoms with Gasteiger partial charge in [0.05, 0.1) is 6.61 Å². The SMILES string of the molecule is COCCNC(=O)CN1CCN(Cc2ccccc2C)C1=O. The van der Waals surface area contributed by atoms with Gasteiger partial charge in [-0.3, -0.25) is 4.79 Å². The fourth-order valence-electron chi connectivity index (χ4n) is 2.44. The molecule has 0 saturated carbocycles. The predicted molar refractivity (Wildman–Crippen MR) is 83.4 cm³/mol. The van der Waals surface area contributed by atoms with Crippen LogP contribution in [0.2, 0.25) is 0 Å². The van der Waals surface area contributed by atoms with Crippen LogP contribution in [0.25, 0.3) is 0 Å². The lowest BCUT2D eigenvalue weighted by Crippen LogP contribution is -2.40. The molecule has 3 amide bonds. The van der Waals surface area contributed by atoms with E-state index in [2.05, 4.69) is 5.32 Å². The molecule has 0 bridgehead atoms. The Balaban J connectivity index is 1.85. The highest BCUT2D eigenvalue weighted by atomic mass is 16.5. The molecule has 1 fully saturated rings. The van der Waals surface area contributed by atoms with Crippen molar-refractivity contribution in [2.45, 2.75) is 13.5 Å². The normalized spacial score (nSPS) is 14.5. The Labute approximate surface area is 131 Å². The number of methoxy groups -OCH3 is 1. The molecular formula is C16H23N3O3. The molecule has 0 spiro atoms. The minimum Gasteiger partial charge on any atom is -0.383 e. The van der Waals surface area contributed by atoms with Gasteiger partial charge in [0.2, 0.25) is 5.91 Å². The van der Waals surface area contributed by atoms with Crippen LogP contribution in [0.5, 0.6) is 0 Å². The summed E-state index contributed by atoms with van der Waals surface area (Å²) in [5, 5.41) is 2.73. The fourth-order valence-corrected chi connectivity index (χ4v) is 2.44. The summed E-state index contributed by atoms with van der Waals surface area (Å²) in [5.74, 6) is -0.150. The van der Waals surface area contributed by atoms with Crippen molar-refractivity contribution in [3.8, 4) is 0 Å². The number of ether oxygens (including phenoxy) is 1. The topological polar surface area (TPSA) is 61.9 Å². The smallest absolute Gasteiger partial charge is 0.320 e. The lowest BCUT2D eigenvalue weighted by Gasteiger charge is -2.19. The van der Waals surface area contributed by atoms with Crippen molar-refractivity contribution < 1.29 is 14.3 Å². The lowest BCUT2D eigenvalue weighted by molar-refractivity contribution is -0.121. The molecule has 1 N–H and O–H groups in total. The van der Waals surface area contributed by atoms with Crippen LogP contribution >= 0.6 is 0 Å². The number of carbonyl (C=O) groups is 2. The maximum atomic E-state index is 12.3. The Morgan fingerprint density at radius 3 is 2.73 bits per heavy atom. The highest BCUT2D eigenvalue weighted by Crippen LogP contribution is 2.15. The largest absolute Gasteiger partial charge is 0.383 e. The molecule has 0 unspecified atom stereocenters. The molecule has 1 aliphatic heterocycles. The number of carbonyl (C=O) groups excluding carboxylic acids is 2. The Bertz CT molecular complexity index is 533. The number of aryl methyl sites for hydroxylation is 1. The Morgan fingerprint density at radius 2 is 2.00 bits per heavy atom. The molecule has 0 aromatic heterocycles. The summed E-state index contributed by atoms with van der Waals surface area (Å²) in [6, 6.07) is 7.95. The molecule has 1 aromatic carbocycles. The summed E-state index contributed by atoms with van der Waals surface area (Å²) < 4.78 is 4.87. The van der Waals surface area contributed by atoms with E-state index in [0.29, 0.717) is 32.8 Å². The summed E-state index contributed by atoms with van der Waals surface area (Å²) >= 11 is 0. The van der Waals surface area contributed by atoms with E-state index >= 15 is 0 Å². The molecule has 120 valence electrons. The van der Waals surface area contributed by atoms with Gasteiger partial charge in [-0.05, 0) is 18.1 Å². The highest BCUT2D eigenvalue weighted by Gasteiger charge is 2.29. The second kappa shape index (κ2) is 7.79. The van der Waals surface area contributed by atoms with Gasteiger partial charge in [-0.25, -0.2) is 4.79 Å². The molecule has 1 saturated heterocycles. The maximum absolute atomic E-state index is 12.3.